The number of ether oxygens (including phenoxy) is 1. The maximum Gasteiger partial charge on any atom is 0.222 e. The highest BCUT2D eigenvalue weighted by atomic mass is 16.5. The molecule has 2 aliphatic rings. The Hall–Kier alpha value is -1.10. The van der Waals surface area contributed by atoms with Crippen LogP contribution in [-0.4, -0.2) is 68.0 Å². The van der Waals surface area contributed by atoms with Gasteiger partial charge in [-0.2, -0.15) is 0 Å². The topological polar surface area (TPSA) is 40.4 Å². The number of hydrogen-bond donors (Lipinski definition) is 0. The second kappa shape index (κ2) is 8.25. The Morgan fingerprint density at radius 2 is 2.00 bits per heavy atom. The first kappa shape index (κ1) is 15.3. The summed E-state index contributed by atoms with van der Waals surface area (Å²) in [6.45, 7) is 7.62. The molecule has 0 N–H and O–H groups in total. The van der Waals surface area contributed by atoms with Crippen LogP contribution in [0.4, 0.5) is 0 Å². The molecule has 0 bridgehead atoms. The molecule has 0 aromatic rings. The van der Waals surface area contributed by atoms with Crippen LogP contribution >= 0.6 is 0 Å². The molecule has 0 spiro atoms. The highest BCUT2D eigenvalue weighted by molar-refractivity contribution is 5.96. The van der Waals surface area contributed by atoms with Gasteiger partial charge in [0.05, 0.1) is 13.2 Å². The normalized spacial score (nSPS) is 22.9. The van der Waals surface area contributed by atoms with Gasteiger partial charge in [0.25, 0.3) is 0 Å². The van der Waals surface area contributed by atoms with Crippen LogP contribution in [0.3, 0.4) is 0 Å². The van der Waals surface area contributed by atoms with Crippen LogP contribution in [0.25, 0.3) is 0 Å². The van der Waals surface area contributed by atoms with Crippen molar-refractivity contribution in [1.29, 1.82) is 0 Å². The minimum Gasteiger partial charge on any atom is -0.378 e. The third-order valence-corrected chi connectivity index (χ3v) is 3.87. The first-order valence-corrected chi connectivity index (χ1v) is 7.97. The second-order valence-corrected chi connectivity index (χ2v) is 5.54. The monoisotopic (exact) mass is 280 g/mol. The van der Waals surface area contributed by atoms with Crippen molar-refractivity contribution in [3.05, 3.63) is 0 Å². The molecule has 5 nitrogen and oxygen atoms in total. The first-order valence-electron chi connectivity index (χ1n) is 7.97. The molecule has 114 valence electrons. The Labute approximate surface area is 122 Å². The lowest BCUT2D eigenvalue weighted by molar-refractivity contribution is 0.0674. The Balaban J connectivity index is 2.02. The van der Waals surface area contributed by atoms with E-state index in [0.717, 1.165) is 58.2 Å². The number of nitrogens with zero attached hydrogens (tertiary/aromatic N) is 4. The van der Waals surface area contributed by atoms with E-state index >= 15 is 0 Å². The average Bonchev–Trinajstić information content (AvgIpc) is 2.88. The van der Waals surface area contributed by atoms with Crippen LogP contribution in [0.2, 0.25) is 0 Å². The average molecular weight is 280 g/mol. The predicted molar refractivity (Wildman–Crippen MR) is 83.5 cm³/mol. The lowest BCUT2D eigenvalue weighted by Gasteiger charge is -2.28. The Morgan fingerprint density at radius 3 is 2.65 bits per heavy atom. The summed E-state index contributed by atoms with van der Waals surface area (Å²) in [5.74, 6) is 2.11. The standard InChI is InChI=1S/C15H28N4O/c1-3-4-5-8-16-15(19-10-12-20-13-11-19)17-14-7-6-9-18(14)2/h3-13H2,1-2H3. The Bertz CT molecular complexity index is 348. The molecular formula is C15H28N4O. The van der Waals surface area contributed by atoms with Crippen molar-refractivity contribution >= 4 is 11.8 Å². The van der Waals surface area contributed by atoms with Gasteiger partial charge in [-0.05, 0) is 12.8 Å². The number of morpholine rings is 1. The number of amidine groups is 1. The fraction of sp³-hybridized carbons (Fsp3) is 0.867. The lowest BCUT2D eigenvalue weighted by Crippen LogP contribution is -2.41. The molecule has 2 heterocycles. The summed E-state index contributed by atoms with van der Waals surface area (Å²) in [7, 11) is 2.12. The van der Waals surface area contributed by atoms with Crippen LogP contribution in [0.15, 0.2) is 9.98 Å². The Kier molecular flexibility index (Phi) is 6.30. The second-order valence-electron chi connectivity index (χ2n) is 5.54. The van der Waals surface area contributed by atoms with Gasteiger partial charge in [0, 0.05) is 39.6 Å². The molecule has 2 fully saturated rings. The van der Waals surface area contributed by atoms with E-state index in [1.165, 1.54) is 25.1 Å². The quantitative estimate of drug-likeness (QED) is 0.449. The highest BCUT2D eigenvalue weighted by Crippen LogP contribution is 2.11. The van der Waals surface area contributed by atoms with E-state index in [0.29, 0.717) is 0 Å². The fourth-order valence-corrected chi connectivity index (χ4v) is 2.56. The summed E-state index contributed by atoms with van der Waals surface area (Å²) in [4.78, 5) is 14.1. The third-order valence-electron chi connectivity index (χ3n) is 3.87. The maximum atomic E-state index is 5.43. The summed E-state index contributed by atoms with van der Waals surface area (Å²) in [5, 5.41) is 0. The molecule has 2 aliphatic heterocycles. The molecule has 0 aliphatic carbocycles. The van der Waals surface area contributed by atoms with Crippen LogP contribution < -0.4 is 0 Å². The van der Waals surface area contributed by atoms with Crippen molar-refractivity contribution in [2.75, 3.05) is 46.4 Å². The lowest BCUT2D eigenvalue weighted by atomic mass is 10.2. The van der Waals surface area contributed by atoms with Gasteiger partial charge < -0.3 is 14.5 Å². The van der Waals surface area contributed by atoms with E-state index in [9.17, 15) is 0 Å². The van der Waals surface area contributed by atoms with Crippen molar-refractivity contribution in [3.63, 3.8) is 0 Å². The number of hydrogen-bond acceptors (Lipinski definition) is 2. The summed E-state index contributed by atoms with van der Waals surface area (Å²) in [6.07, 6.45) is 5.93. The van der Waals surface area contributed by atoms with Gasteiger partial charge in [-0.3, -0.25) is 4.99 Å². The van der Waals surface area contributed by atoms with Crippen molar-refractivity contribution < 1.29 is 4.74 Å². The number of rotatable bonds is 4. The zero-order valence-electron chi connectivity index (χ0n) is 13.0. The minimum atomic E-state index is 0.786. The van der Waals surface area contributed by atoms with Crippen molar-refractivity contribution in [3.8, 4) is 0 Å². The van der Waals surface area contributed by atoms with Crippen molar-refractivity contribution in [1.82, 2.24) is 9.80 Å². The molecule has 0 amide bonds. The molecule has 0 radical (unpaired) electrons. The molecule has 0 unspecified atom stereocenters. The molecule has 2 rings (SSSR count). The number of guanidine groups is 1. The minimum absolute atomic E-state index is 0.786. The van der Waals surface area contributed by atoms with Gasteiger partial charge in [-0.1, -0.05) is 19.8 Å². The zero-order valence-corrected chi connectivity index (χ0v) is 13.0. The van der Waals surface area contributed by atoms with Gasteiger partial charge in [-0.25, -0.2) is 4.99 Å². The molecule has 5 heteroatoms. The molecule has 0 aromatic heterocycles. The molecule has 0 atom stereocenters. The first-order chi connectivity index (χ1) is 9.81. The van der Waals surface area contributed by atoms with Crippen molar-refractivity contribution in [2.24, 2.45) is 9.98 Å². The largest absolute Gasteiger partial charge is 0.378 e. The van der Waals surface area contributed by atoms with Gasteiger partial charge in [0.1, 0.15) is 5.84 Å². The molecule has 2 saturated heterocycles. The van der Waals surface area contributed by atoms with Gasteiger partial charge in [0.2, 0.25) is 5.96 Å². The van der Waals surface area contributed by atoms with Crippen molar-refractivity contribution in [2.45, 2.75) is 39.0 Å². The summed E-state index contributed by atoms with van der Waals surface area (Å²) >= 11 is 0. The smallest absolute Gasteiger partial charge is 0.222 e. The SMILES string of the molecule is CCCCCN=C(N=C1CCCN1C)N1CCOCC1. The summed E-state index contributed by atoms with van der Waals surface area (Å²) < 4.78 is 5.43. The maximum absolute atomic E-state index is 5.43. The number of likely N-dealkylation sites (tertiary alicyclic amines) is 1. The van der Waals surface area contributed by atoms with E-state index in [1.807, 2.05) is 0 Å². The van der Waals surface area contributed by atoms with E-state index in [1.54, 1.807) is 0 Å². The van der Waals surface area contributed by atoms with Gasteiger partial charge in [-0.15, -0.1) is 0 Å². The van der Waals surface area contributed by atoms with Crippen LogP contribution in [-0.2, 0) is 4.74 Å². The van der Waals surface area contributed by atoms with E-state index in [2.05, 4.69) is 23.8 Å². The van der Waals surface area contributed by atoms with Crippen LogP contribution in [0.1, 0.15) is 39.0 Å². The van der Waals surface area contributed by atoms with E-state index in [-0.39, 0.29) is 0 Å². The third kappa shape index (κ3) is 4.47. The zero-order chi connectivity index (χ0) is 14.2. The molecule has 0 aromatic carbocycles. The number of unbranched alkanes of at least 4 members (excludes halogenated alkanes) is 2. The summed E-state index contributed by atoms with van der Waals surface area (Å²) in [6, 6.07) is 0. The molecule has 0 saturated carbocycles. The Morgan fingerprint density at radius 1 is 1.20 bits per heavy atom. The highest BCUT2D eigenvalue weighted by Gasteiger charge is 2.19. The van der Waals surface area contributed by atoms with Crippen LogP contribution in [0, 0.1) is 0 Å². The van der Waals surface area contributed by atoms with Crippen LogP contribution in [0.5, 0.6) is 0 Å². The van der Waals surface area contributed by atoms with Gasteiger partial charge >= 0.3 is 0 Å². The van der Waals surface area contributed by atoms with E-state index in [4.69, 9.17) is 14.7 Å². The molecular weight excluding hydrogens is 252 g/mol. The predicted octanol–water partition coefficient (Wildman–Crippen LogP) is 1.99. The fourth-order valence-electron chi connectivity index (χ4n) is 2.56. The van der Waals surface area contributed by atoms with Gasteiger partial charge in [0.15, 0.2) is 0 Å². The number of aliphatic imine (C=N–C) groups is 2. The summed E-state index contributed by atoms with van der Waals surface area (Å²) in [5.41, 5.74) is 0. The van der Waals surface area contributed by atoms with E-state index < -0.39 is 0 Å². The molecule has 20 heavy (non-hydrogen) atoms.